The molecule has 0 fully saturated rings. The Kier molecular flexibility index (Phi) is 9.68. The van der Waals surface area contributed by atoms with Crippen molar-refractivity contribution in [3.63, 3.8) is 0 Å². The van der Waals surface area contributed by atoms with Crippen molar-refractivity contribution in [3.8, 4) is 0 Å². The zero-order valence-electron chi connectivity index (χ0n) is 23.5. The second-order valence-electron chi connectivity index (χ2n) is 11.2. The van der Waals surface area contributed by atoms with Crippen molar-refractivity contribution in [1.29, 1.82) is 0 Å². The first-order chi connectivity index (χ1) is 17.5. The maximum absolute atomic E-state index is 13.4. The molecule has 6 nitrogen and oxygen atoms in total. The standard InChI is InChI=1S/C30H45N3O3S/c1-7-8-9-10-11-12-13-19-30(5,6)29(34)32-26-22(3)25-18-20-31-28(25)27(23(26)4)33-37(35,36)24-16-14-21(2)15-17-24/h14-17,31,33H,7-13,18-20H2,1-6H3,(H,32,34). The Morgan fingerprint density at radius 2 is 1.54 bits per heavy atom. The molecule has 1 aliphatic rings. The highest BCUT2D eigenvalue weighted by Crippen LogP contribution is 2.43. The fraction of sp³-hybridized carbons (Fsp3) is 0.567. The molecule has 3 rings (SSSR count). The van der Waals surface area contributed by atoms with E-state index in [1.165, 1.54) is 32.1 Å². The number of amides is 1. The molecular weight excluding hydrogens is 482 g/mol. The minimum Gasteiger partial charge on any atom is -0.383 e. The number of nitrogens with one attached hydrogen (secondary N) is 3. The largest absolute Gasteiger partial charge is 0.383 e. The van der Waals surface area contributed by atoms with E-state index >= 15 is 0 Å². The third-order valence-electron chi connectivity index (χ3n) is 7.63. The van der Waals surface area contributed by atoms with Crippen molar-refractivity contribution in [2.45, 2.75) is 104 Å². The maximum atomic E-state index is 13.4. The molecule has 37 heavy (non-hydrogen) atoms. The van der Waals surface area contributed by atoms with Gasteiger partial charge < -0.3 is 10.6 Å². The first-order valence-corrected chi connectivity index (χ1v) is 15.3. The average Bonchev–Trinajstić information content (AvgIpc) is 3.34. The highest BCUT2D eigenvalue weighted by Gasteiger charge is 2.31. The van der Waals surface area contributed by atoms with E-state index in [0.29, 0.717) is 11.4 Å². The molecule has 3 N–H and O–H groups in total. The van der Waals surface area contributed by atoms with Crippen LogP contribution in [0.2, 0.25) is 0 Å². The number of sulfonamides is 1. The molecule has 7 heteroatoms. The molecule has 1 aliphatic heterocycles. The molecule has 0 aromatic heterocycles. The van der Waals surface area contributed by atoms with Gasteiger partial charge in [0.05, 0.1) is 16.3 Å². The molecule has 0 saturated heterocycles. The summed E-state index contributed by atoms with van der Waals surface area (Å²) in [7, 11) is -3.79. The van der Waals surface area contributed by atoms with Gasteiger partial charge in [-0.25, -0.2) is 8.42 Å². The summed E-state index contributed by atoms with van der Waals surface area (Å²) in [6.45, 7) is 12.8. The van der Waals surface area contributed by atoms with Crippen molar-refractivity contribution in [3.05, 3.63) is 46.5 Å². The van der Waals surface area contributed by atoms with Crippen LogP contribution in [0.5, 0.6) is 0 Å². The number of carbonyl (C=O) groups is 1. The lowest BCUT2D eigenvalue weighted by Crippen LogP contribution is -2.31. The Labute approximate surface area is 224 Å². The number of carbonyl (C=O) groups excluding carboxylic acids is 1. The number of anilines is 3. The summed E-state index contributed by atoms with van der Waals surface area (Å²) >= 11 is 0. The number of unbranched alkanes of at least 4 members (excludes halogenated alkanes) is 6. The maximum Gasteiger partial charge on any atom is 0.261 e. The van der Waals surface area contributed by atoms with Crippen LogP contribution in [0.4, 0.5) is 17.1 Å². The van der Waals surface area contributed by atoms with E-state index in [9.17, 15) is 13.2 Å². The van der Waals surface area contributed by atoms with E-state index < -0.39 is 15.4 Å². The molecule has 1 amide bonds. The van der Waals surface area contributed by atoms with Gasteiger partial charge in [0.2, 0.25) is 5.91 Å². The van der Waals surface area contributed by atoms with Crippen LogP contribution >= 0.6 is 0 Å². The molecule has 2 aromatic carbocycles. The second kappa shape index (κ2) is 12.3. The van der Waals surface area contributed by atoms with E-state index in [1.807, 2.05) is 34.6 Å². The van der Waals surface area contributed by atoms with Gasteiger partial charge in [0.25, 0.3) is 10.0 Å². The Morgan fingerprint density at radius 1 is 0.919 bits per heavy atom. The Bertz CT molecular complexity index is 1200. The number of hydrogen-bond acceptors (Lipinski definition) is 4. The molecule has 0 atom stereocenters. The molecule has 0 unspecified atom stereocenters. The molecule has 0 spiro atoms. The number of aryl methyl sites for hydroxylation is 1. The average molecular weight is 528 g/mol. The van der Waals surface area contributed by atoms with Crippen LogP contribution in [0.3, 0.4) is 0 Å². The lowest BCUT2D eigenvalue weighted by atomic mass is 9.85. The summed E-state index contributed by atoms with van der Waals surface area (Å²) in [5.41, 5.74) is 5.29. The van der Waals surface area contributed by atoms with Crippen LogP contribution in [-0.2, 0) is 21.2 Å². The van der Waals surface area contributed by atoms with Gasteiger partial charge in [0, 0.05) is 17.6 Å². The first-order valence-electron chi connectivity index (χ1n) is 13.8. The highest BCUT2D eigenvalue weighted by molar-refractivity contribution is 7.92. The van der Waals surface area contributed by atoms with E-state index in [2.05, 4.69) is 22.3 Å². The predicted octanol–water partition coefficient (Wildman–Crippen LogP) is 7.49. The zero-order chi connectivity index (χ0) is 27.2. The highest BCUT2D eigenvalue weighted by atomic mass is 32.2. The minimum atomic E-state index is -3.79. The summed E-state index contributed by atoms with van der Waals surface area (Å²) in [5.74, 6) is -0.0251. The summed E-state index contributed by atoms with van der Waals surface area (Å²) in [6, 6.07) is 6.81. The molecule has 2 aromatic rings. The van der Waals surface area contributed by atoms with Gasteiger partial charge in [-0.3, -0.25) is 9.52 Å². The molecule has 0 radical (unpaired) electrons. The third-order valence-corrected chi connectivity index (χ3v) is 9.00. The summed E-state index contributed by atoms with van der Waals surface area (Å²) in [5, 5.41) is 6.55. The number of hydrogen-bond donors (Lipinski definition) is 3. The fourth-order valence-corrected chi connectivity index (χ4v) is 6.19. The Morgan fingerprint density at radius 3 is 2.19 bits per heavy atom. The first kappa shape index (κ1) is 29.0. The summed E-state index contributed by atoms with van der Waals surface area (Å²) in [4.78, 5) is 13.6. The van der Waals surface area contributed by atoms with Crippen LogP contribution in [0.15, 0.2) is 29.2 Å². The van der Waals surface area contributed by atoms with Gasteiger partial charge in [-0.15, -0.1) is 0 Å². The van der Waals surface area contributed by atoms with Gasteiger partial charge >= 0.3 is 0 Å². The van der Waals surface area contributed by atoms with Gasteiger partial charge in [0.1, 0.15) is 0 Å². The molecule has 0 saturated carbocycles. The number of benzene rings is 2. The zero-order valence-corrected chi connectivity index (χ0v) is 24.3. The van der Waals surface area contributed by atoms with E-state index in [-0.39, 0.29) is 10.8 Å². The number of fused-ring (bicyclic) bond motifs is 1. The quantitative estimate of drug-likeness (QED) is 0.236. The van der Waals surface area contributed by atoms with Gasteiger partial charge in [-0.2, -0.15) is 0 Å². The Hall–Kier alpha value is -2.54. The molecule has 204 valence electrons. The monoisotopic (exact) mass is 527 g/mol. The van der Waals surface area contributed by atoms with Gasteiger partial charge in [-0.05, 0) is 62.4 Å². The van der Waals surface area contributed by atoms with Crippen LogP contribution < -0.4 is 15.4 Å². The second-order valence-corrected chi connectivity index (χ2v) is 12.8. The normalized spacial score (nSPS) is 13.2. The smallest absolute Gasteiger partial charge is 0.261 e. The van der Waals surface area contributed by atoms with Gasteiger partial charge in [-0.1, -0.05) is 83.4 Å². The summed E-state index contributed by atoms with van der Waals surface area (Å²) in [6.07, 6.45) is 10.1. The molecule has 1 heterocycles. The lowest BCUT2D eigenvalue weighted by Gasteiger charge is -2.27. The van der Waals surface area contributed by atoms with E-state index in [1.54, 1.807) is 24.3 Å². The van der Waals surface area contributed by atoms with Crippen molar-refractivity contribution in [2.24, 2.45) is 5.41 Å². The third kappa shape index (κ3) is 7.07. The van der Waals surface area contributed by atoms with Crippen molar-refractivity contribution < 1.29 is 13.2 Å². The lowest BCUT2D eigenvalue weighted by molar-refractivity contribution is -0.124. The van der Waals surface area contributed by atoms with Gasteiger partial charge in [0.15, 0.2) is 0 Å². The van der Waals surface area contributed by atoms with Crippen molar-refractivity contribution in [1.82, 2.24) is 0 Å². The fourth-order valence-electron chi connectivity index (χ4n) is 5.05. The predicted molar refractivity (Wildman–Crippen MR) is 155 cm³/mol. The summed E-state index contributed by atoms with van der Waals surface area (Å²) < 4.78 is 29.3. The topological polar surface area (TPSA) is 87.3 Å². The SMILES string of the molecule is CCCCCCCCCC(C)(C)C(=O)Nc1c(C)c2c(c(NS(=O)(=O)c3ccc(C)cc3)c1C)NCC2. The number of rotatable bonds is 13. The Balaban J connectivity index is 1.80. The van der Waals surface area contributed by atoms with Crippen LogP contribution in [-0.4, -0.2) is 20.9 Å². The van der Waals surface area contributed by atoms with Crippen molar-refractivity contribution in [2.75, 3.05) is 21.9 Å². The van der Waals surface area contributed by atoms with Crippen LogP contribution in [0.1, 0.15) is 94.4 Å². The minimum absolute atomic E-state index is 0.0251. The molecular formula is C30H45N3O3S. The molecule has 0 aliphatic carbocycles. The van der Waals surface area contributed by atoms with Crippen LogP contribution in [0, 0.1) is 26.2 Å². The van der Waals surface area contributed by atoms with E-state index in [0.717, 1.165) is 60.2 Å². The molecule has 0 bridgehead atoms. The van der Waals surface area contributed by atoms with E-state index in [4.69, 9.17) is 0 Å². The van der Waals surface area contributed by atoms with Crippen LogP contribution in [0.25, 0.3) is 0 Å². The van der Waals surface area contributed by atoms with Crippen molar-refractivity contribution >= 4 is 33.0 Å².